The zero-order valence-electron chi connectivity index (χ0n) is 35.2. The van der Waals surface area contributed by atoms with Crippen molar-refractivity contribution in [2.24, 2.45) is 0 Å². The summed E-state index contributed by atoms with van der Waals surface area (Å²) in [6.07, 6.45) is 1.02. The van der Waals surface area contributed by atoms with Gasteiger partial charge in [0.1, 0.15) is 10.8 Å². The number of carboxylic acid groups (broad SMARTS) is 2. The second-order valence-electron chi connectivity index (χ2n) is 15.5. The number of fused-ring (bicyclic) bond motifs is 2. The number of carboxylic acids is 2. The molecule has 0 unspecified atom stereocenters. The molecule has 10 aromatic rings. The summed E-state index contributed by atoms with van der Waals surface area (Å²) in [4.78, 5) is 24.8. The Balaban J connectivity index is 0.000000143. The van der Waals surface area contributed by atoms with Gasteiger partial charge in [-0.05, 0) is 39.8 Å². The molecule has 0 aliphatic heterocycles. The molecule has 0 aliphatic carbocycles. The van der Waals surface area contributed by atoms with Gasteiger partial charge in [-0.2, -0.15) is 12.1 Å². The zero-order chi connectivity index (χ0) is 43.5. The molecule has 64 heavy (non-hydrogen) atoms. The van der Waals surface area contributed by atoms with E-state index in [1.54, 1.807) is 0 Å². The van der Waals surface area contributed by atoms with Crippen molar-refractivity contribution in [2.75, 3.05) is 0 Å². The normalized spacial score (nSPS) is 11.0. The van der Waals surface area contributed by atoms with Crippen molar-refractivity contribution in [3.8, 4) is 0 Å². The third-order valence-electron chi connectivity index (χ3n) is 11.6. The molecule has 4 nitrogen and oxygen atoms in total. The van der Waals surface area contributed by atoms with Crippen molar-refractivity contribution in [1.29, 1.82) is 0 Å². The molecule has 0 fully saturated rings. The Hall–Kier alpha value is -7.37. The van der Waals surface area contributed by atoms with E-state index in [0.717, 1.165) is 39.8 Å². The van der Waals surface area contributed by atoms with Gasteiger partial charge in [-0.1, -0.05) is 194 Å². The second-order valence-corrected chi connectivity index (χ2v) is 15.5. The van der Waals surface area contributed by atoms with Gasteiger partial charge in [0.05, 0.1) is 0 Å². The Morgan fingerprint density at radius 1 is 0.344 bits per heavy atom. The minimum absolute atomic E-state index is 0. The van der Waals surface area contributed by atoms with E-state index in [-0.39, 0.29) is 21.7 Å². The number of rotatable bonds is 10. The van der Waals surface area contributed by atoms with Crippen molar-refractivity contribution in [1.82, 2.24) is 0 Å². The summed E-state index contributed by atoms with van der Waals surface area (Å²) in [5.41, 5.74) is 4.89. The molecular weight excluding hydrogens is 821 g/mol. The number of hydrogen-bond acceptors (Lipinski definition) is 2. The predicted octanol–water partition coefficient (Wildman–Crippen LogP) is 13.2. The fourth-order valence-electron chi connectivity index (χ4n) is 8.74. The average Bonchev–Trinajstić information content (AvgIpc) is 3.95. The van der Waals surface area contributed by atoms with E-state index in [4.69, 9.17) is 0 Å². The van der Waals surface area contributed by atoms with Crippen molar-refractivity contribution in [2.45, 2.75) is 17.3 Å². The summed E-state index contributed by atoms with van der Waals surface area (Å²) in [6, 6.07) is 82.6. The quantitative estimate of drug-likeness (QED) is 0.0816. The molecule has 0 amide bonds. The summed E-state index contributed by atoms with van der Waals surface area (Å²) in [6.45, 7) is 0. The molecule has 0 spiro atoms. The SMILES string of the molecule is O=C(O)C(c1ccccc1)(c1ccccc1)c1ccccc1.O=C(O)C(c1ccccc1)(c1ccccc1)c1ccccc1.[Ti+2].c1ccc2[cH-]c(Cc3cc4ccccc4[cH-]3)cc2c1. The average molecular weight is 867 g/mol. The van der Waals surface area contributed by atoms with Gasteiger partial charge < -0.3 is 10.2 Å². The topological polar surface area (TPSA) is 74.6 Å². The van der Waals surface area contributed by atoms with Crippen LogP contribution in [0, 0.1) is 0 Å². The summed E-state index contributed by atoms with van der Waals surface area (Å²) in [5, 5.41) is 25.7. The molecule has 0 atom stereocenters. The van der Waals surface area contributed by atoms with Crippen LogP contribution in [0.2, 0.25) is 0 Å². The molecule has 0 saturated heterocycles. The molecule has 0 aromatic heterocycles. The summed E-state index contributed by atoms with van der Waals surface area (Å²) in [7, 11) is 0. The van der Waals surface area contributed by atoms with Crippen LogP contribution < -0.4 is 0 Å². The summed E-state index contributed by atoms with van der Waals surface area (Å²) >= 11 is 0. The molecule has 0 heterocycles. The molecule has 310 valence electrons. The van der Waals surface area contributed by atoms with Crippen LogP contribution in [0.1, 0.15) is 44.5 Å². The maximum absolute atomic E-state index is 12.4. The van der Waals surface area contributed by atoms with E-state index < -0.39 is 22.8 Å². The minimum Gasteiger partial charge on any atom is -0.480 e. The Kier molecular flexibility index (Phi) is 14.4. The molecule has 0 aliphatic rings. The van der Waals surface area contributed by atoms with Gasteiger partial charge in [0.2, 0.25) is 0 Å². The van der Waals surface area contributed by atoms with Crippen molar-refractivity contribution >= 4 is 33.5 Å². The third-order valence-corrected chi connectivity index (χ3v) is 11.6. The maximum atomic E-state index is 12.4. The Morgan fingerprint density at radius 2 is 0.562 bits per heavy atom. The van der Waals surface area contributed by atoms with Crippen molar-refractivity contribution in [3.63, 3.8) is 0 Å². The van der Waals surface area contributed by atoms with Crippen LogP contribution in [-0.4, -0.2) is 22.2 Å². The first-order valence-corrected chi connectivity index (χ1v) is 21.0. The van der Waals surface area contributed by atoms with E-state index >= 15 is 0 Å². The fourth-order valence-corrected chi connectivity index (χ4v) is 8.74. The third kappa shape index (κ3) is 9.21. The minimum atomic E-state index is -1.20. The van der Waals surface area contributed by atoms with E-state index in [2.05, 4.69) is 72.8 Å². The van der Waals surface area contributed by atoms with Crippen LogP contribution in [-0.2, 0) is 48.6 Å². The number of carbonyl (C=O) groups is 2. The summed E-state index contributed by atoms with van der Waals surface area (Å²) in [5.74, 6) is -1.76. The molecule has 2 N–H and O–H groups in total. The van der Waals surface area contributed by atoms with Crippen molar-refractivity contribution in [3.05, 3.63) is 299 Å². The number of aliphatic carboxylic acids is 2. The standard InChI is InChI=1S/2C20H16O2.C19H14.Ti/c2*21-19(22)20(16-10-4-1-5-11-16,17-12-6-2-7-13-17)18-14-8-3-9-15-18;1-2-6-17-11-14(10-16(17)5-1)9-15-12-18-7-3-4-8-19(18)13-15;/h2*1-15H,(H,21,22);1-8,10-13H,9H2;/q;;-2;+2. The Morgan fingerprint density at radius 3 is 0.781 bits per heavy atom. The molecular formula is C59H46O4Ti. The molecule has 10 aromatic carbocycles. The Labute approximate surface area is 389 Å². The van der Waals surface area contributed by atoms with Crippen LogP contribution in [0.15, 0.2) is 255 Å². The fraction of sp³-hybridized carbons (Fsp3) is 0.0508. The zero-order valence-corrected chi connectivity index (χ0v) is 36.7. The predicted molar refractivity (Wildman–Crippen MR) is 256 cm³/mol. The van der Waals surface area contributed by atoms with E-state index in [0.29, 0.717) is 0 Å². The van der Waals surface area contributed by atoms with Gasteiger partial charge >= 0.3 is 33.7 Å². The van der Waals surface area contributed by atoms with E-state index in [1.807, 2.05) is 182 Å². The second kappa shape index (κ2) is 20.7. The maximum Gasteiger partial charge on any atom is 2.00 e. The van der Waals surface area contributed by atoms with Crippen molar-refractivity contribution < 1.29 is 41.5 Å². The largest absolute Gasteiger partial charge is 2.00 e. The molecule has 0 bridgehead atoms. The molecule has 5 heteroatoms. The van der Waals surface area contributed by atoms with Gasteiger partial charge in [-0.15, -0.1) is 81.2 Å². The monoisotopic (exact) mass is 866 g/mol. The van der Waals surface area contributed by atoms with Crippen LogP contribution in [0.25, 0.3) is 21.5 Å². The van der Waals surface area contributed by atoms with Crippen LogP contribution in [0.5, 0.6) is 0 Å². The molecule has 10 rings (SSSR count). The first-order valence-electron chi connectivity index (χ1n) is 21.0. The number of benzene rings is 8. The Bertz CT molecular complexity index is 2550. The van der Waals surface area contributed by atoms with E-state index in [9.17, 15) is 19.8 Å². The van der Waals surface area contributed by atoms with Crippen LogP contribution in [0.3, 0.4) is 0 Å². The van der Waals surface area contributed by atoms with Gasteiger partial charge in [-0.25, -0.2) is 0 Å². The van der Waals surface area contributed by atoms with Crippen LogP contribution >= 0.6 is 0 Å². The summed E-state index contributed by atoms with van der Waals surface area (Å²) < 4.78 is 0. The van der Waals surface area contributed by atoms with E-state index in [1.165, 1.54) is 32.7 Å². The number of hydrogen-bond donors (Lipinski definition) is 2. The molecule has 0 radical (unpaired) electrons. The smallest absolute Gasteiger partial charge is 0.480 e. The van der Waals surface area contributed by atoms with Crippen LogP contribution in [0.4, 0.5) is 0 Å². The first-order chi connectivity index (χ1) is 30.9. The van der Waals surface area contributed by atoms with Gasteiger partial charge in [0.15, 0.2) is 0 Å². The first kappa shape index (κ1) is 44.7. The molecule has 0 saturated carbocycles. The van der Waals surface area contributed by atoms with Gasteiger partial charge in [0.25, 0.3) is 0 Å². The van der Waals surface area contributed by atoms with Gasteiger partial charge in [0, 0.05) is 0 Å². The van der Waals surface area contributed by atoms with Gasteiger partial charge in [-0.3, -0.25) is 9.59 Å².